The topological polar surface area (TPSA) is 156 Å². The van der Waals surface area contributed by atoms with E-state index in [1.807, 2.05) is 30.4 Å². The number of unbranched alkanes of at least 4 members (excludes halogenated alkanes) is 20. The lowest BCUT2D eigenvalue weighted by Crippen LogP contribution is -2.38. The van der Waals surface area contributed by atoms with Gasteiger partial charge in [-0.3, -0.25) is 14.4 Å². The van der Waals surface area contributed by atoms with E-state index in [4.69, 9.17) is 20.3 Å². The van der Waals surface area contributed by atoms with Crippen molar-refractivity contribution in [2.45, 2.75) is 211 Å². The molecule has 0 aliphatic carbocycles. The molecule has 0 bridgehead atoms. The lowest BCUT2D eigenvalue weighted by molar-refractivity contribution is -0.161. The van der Waals surface area contributed by atoms with E-state index in [0.717, 1.165) is 32.1 Å². The van der Waals surface area contributed by atoms with Crippen molar-refractivity contribution in [3.63, 3.8) is 0 Å². The fraction of sp³-hybridized carbons (Fsp3) is 0.766. The number of carbonyl (C=O) groups excluding carboxylic acids is 2. The number of rotatable bonds is 41. The zero-order chi connectivity index (χ0) is 42.0. The Balaban J connectivity index is 4.35. The Morgan fingerprint density at radius 2 is 1.21 bits per heavy atom. The van der Waals surface area contributed by atoms with Crippen LogP contribution in [0.4, 0.5) is 0 Å². The van der Waals surface area contributed by atoms with E-state index in [1.54, 1.807) is 0 Å². The third kappa shape index (κ3) is 37.6. The highest BCUT2D eigenvalue weighted by molar-refractivity contribution is 8.00. The molecule has 0 unspecified atom stereocenters. The van der Waals surface area contributed by atoms with E-state index in [1.165, 1.54) is 127 Å². The normalized spacial score (nSPS) is 14.2. The van der Waals surface area contributed by atoms with Crippen LogP contribution in [0.5, 0.6) is 0 Å². The molecular formula is C47H83NO8S. The average molecular weight is 822 g/mol. The molecule has 0 aromatic heterocycles. The molecule has 0 fully saturated rings. The molecule has 0 aromatic rings. The van der Waals surface area contributed by atoms with Gasteiger partial charge >= 0.3 is 17.9 Å². The van der Waals surface area contributed by atoms with E-state index in [2.05, 4.69) is 32.1 Å². The van der Waals surface area contributed by atoms with E-state index < -0.39 is 48.0 Å². The van der Waals surface area contributed by atoms with Crippen molar-refractivity contribution in [1.82, 2.24) is 0 Å². The highest BCUT2D eigenvalue weighted by Crippen LogP contribution is 2.22. The number of allylic oxidation sites excluding steroid dienone is 7. The molecular weight excluding hydrogens is 739 g/mol. The lowest BCUT2D eigenvalue weighted by atomic mass is 10.0. The number of aliphatic hydroxyl groups excluding tert-OH is 2. The lowest BCUT2D eigenvalue weighted by Gasteiger charge is -2.21. The van der Waals surface area contributed by atoms with Gasteiger partial charge in [-0.1, -0.05) is 184 Å². The second kappa shape index (κ2) is 41.7. The fourth-order valence-corrected chi connectivity index (χ4v) is 7.42. The zero-order valence-electron chi connectivity index (χ0n) is 36.0. The molecule has 10 heteroatoms. The Morgan fingerprint density at radius 1 is 0.667 bits per heavy atom. The highest BCUT2D eigenvalue weighted by atomic mass is 32.2. The van der Waals surface area contributed by atoms with Crippen LogP contribution in [0.3, 0.4) is 0 Å². The predicted molar refractivity (Wildman–Crippen MR) is 238 cm³/mol. The summed E-state index contributed by atoms with van der Waals surface area (Å²) in [6.45, 7) is 3.69. The summed E-state index contributed by atoms with van der Waals surface area (Å²) in [5.74, 6) is -1.91. The summed E-state index contributed by atoms with van der Waals surface area (Å²) < 4.78 is 10.6. The van der Waals surface area contributed by atoms with Crippen LogP contribution in [0.1, 0.15) is 187 Å². The van der Waals surface area contributed by atoms with Gasteiger partial charge in [-0.2, -0.15) is 0 Å². The zero-order valence-corrected chi connectivity index (χ0v) is 36.8. The summed E-state index contributed by atoms with van der Waals surface area (Å²) in [5, 5.41) is 29.1. The van der Waals surface area contributed by atoms with Crippen molar-refractivity contribution in [2.75, 3.05) is 19.0 Å². The van der Waals surface area contributed by atoms with Gasteiger partial charge in [0.2, 0.25) is 0 Å². The summed E-state index contributed by atoms with van der Waals surface area (Å²) in [7, 11) is 0. The van der Waals surface area contributed by atoms with Gasteiger partial charge in [-0.05, 0) is 38.5 Å². The monoisotopic (exact) mass is 822 g/mol. The Bertz CT molecular complexity index is 1080. The standard InChI is InChI=1S/C47H83NO8S/c1-3-5-7-9-11-13-15-17-18-19-20-21-22-24-26-28-30-32-37-46(53)56-41(38-49)39-55-47(54)42(48)40-57-44(43(50)34-33-36-45(51)52)35-31-29-27-25-23-16-14-12-10-8-6-4-2/h12,14,23,25,27,29,31,35,41-44,49-50H,3-11,13,15-22,24,26,28,30,32-34,36-40,48H2,1-2H3,(H,51,52)/b14-12-,25-23-,29-27+,35-31+/t41-,42-,43-,44+/m0/s1. The SMILES string of the molecule is CCCCC/C=C\C\C=C/C=C/C=C/[C@@H](SC[C@H](N)C(=O)OC[C@H](CO)OC(=O)CCCCCCCCCCCCCCCCCCCC)[C@@H](O)CCCC(=O)O. The van der Waals surface area contributed by atoms with Crippen molar-refractivity contribution in [3.05, 3.63) is 48.6 Å². The molecule has 330 valence electrons. The van der Waals surface area contributed by atoms with Crippen molar-refractivity contribution >= 4 is 29.7 Å². The number of ether oxygens (including phenoxy) is 2. The first-order valence-corrected chi connectivity index (χ1v) is 23.7. The van der Waals surface area contributed by atoms with E-state index in [0.29, 0.717) is 6.42 Å². The number of nitrogens with two attached hydrogens (primary N) is 1. The van der Waals surface area contributed by atoms with E-state index >= 15 is 0 Å². The van der Waals surface area contributed by atoms with Gasteiger partial charge in [0.25, 0.3) is 0 Å². The van der Waals surface area contributed by atoms with Crippen LogP contribution in [0.15, 0.2) is 48.6 Å². The Kier molecular flexibility index (Phi) is 40.0. The first-order chi connectivity index (χ1) is 27.7. The molecule has 0 radical (unpaired) electrons. The van der Waals surface area contributed by atoms with E-state index in [9.17, 15) is 24.6 Å². The van der Waals surface area contributed by atoms with Gasteiger partial charge in [-0.25, -0.2) is 0 Å². The van der Waals surface area contributed by atoms with Crippen LogP contribution < -0.4 is 5.73 Å². The third-order valence-electron chi connectivity index (χ3n) is 9.87. The Morgan fingerprint density at radius 3 is 1.77 bits per heavy atom. The summed E-state index contributed by atoms with van der Waals surface area (Å²) in [6.07, 6.45) is 43.3. The minimum atomic E-state index is -1.01. The predicted octanol–water partition coefficient (Wildman–Crippen LogP) is 11.1. The number of hydrogen-bond acceptors (Lipinski definition) is 9. The number of hydrogen-bond donors (Lipinski definition) is 4. The molecule has 57 heavy (non-hydrogen) atoms. The number of carbonyl (C=O) groups is 3. The first-order valence-electron chi connectivity index (χ1n) is 22.6. The maximum absolute atomic E-state index is 12.7. The maximum Gasteiger partial charge on any atom is 0.323 e. The van der Waals surface area contributed by atoms with Crippen LogP contribution in [-0.2, 0) is 23.9 Å². The number of carboxylic acids is 1. The fourth-order valence-electron chi connectivity index (χ4n) is 6.29. The molecule has 0 spiro atoms. The third-order valence-corrected chi connectivity index (χ3v) is 11.3. The molecule has 0 saturated carbocycles. The molecule has 4 atom stereocenters. The molecule has 0 heterocycles. The summed E-state index contributed by atoms with van der Waals surface area (Å²) in [6, 6.07) is -1.01. The molecule has 0 saturated heterocycles. The van der Waals surface area contributed by atoms with Crippen LogP contribution >= 0.6 is 11.8 Å². The van der Waals surface area contributed by atoms with Crippen LogP contribution in [0.25, 0.3) is 0 Å². The second-order valence-corrected chi connectivity index (χ2v) is 16.6. The van der Waals surface area contributed by atoms with Gasteiger partial charge in [0.15, 0.2) is 6.10 Å². The maximum atomic E-state index is 12.7. The first kappa shape index (κ1) is 54.6. The molecule has 0 amide bonds. The average Bonchev–Trinajstić information content (AvgIpc) is 3.19. The number of carboxylic acid groups (broad SMARTS) is 1. The largest absolute Gasteiger partial charge is 0.481 e. The van der Waals surface area contributed by atoms with Gasteiger partial charge in [0.05, 0.1) is 12.7 Å². The Hall–Kier alpha value is -2.40. The van der Waals surface area contributed by atoms with Gasteiger partial charge in [0, 0.05) is 23.8 Å². The molecule has 0 aromatic carbocycles. The minimum Gasteiger partial charge on any atom is -0.481 e. The van der Waals surface area contributed by atoms with Crippen molar-refractivity contribution in [2.24, 2.45) is 5.73 Å². The van der Waals surface area contributed by atoms with Gasteiger partial charge in [-0.15, -0.1) is 11.8 Å². The number of aliphatic hydroxyl groups is 2. The van der Waals surface area contributed by atoms with Gasteiger partial charge in [0.1, 0.15) is 12.6 Å². The number of esters is 2. The molecule has 5 N–H and O–H groups in total. The van der Waals surface area contributed by atoms with Crippen molar-refractivity contribution in [3.8, 4) is 0 Å². The molecule has 9 nitrogen and oxygen atoms in total. The second-order valence-electron chi connectivity index (χ2n) is 15.3. The van der Waals surface area contributed by atoms with Crippen molar-refractivity contribution in [1.29, 1.82) is 0 Å². The molecule has 0 aliphatic heterocycles. The molecule has 0 aliphatic rings. The number of aliphatic carboxylic acids is 1. The molecule has 0 rings (SSSR count). The highest BCUT2D eigenvalue weighted by Gasteiger charge is 2.23. The van der Waals surface area contributed by atoms with Crippen molar-refractivity contribution < 1.29 is 39.2 Å². The minimum absolute atomic E-state index is 0.0437. The summed E-state index contributed by atoms with van der Waals surface area (Å²) in [5.41, 5.74) is 6.11. The van der Waals surface area contributed by atoms with Crippen LogP contribution in [0, 0.1) is 0 Å². The summed E-state index contributed by atoms with van der Waals surface area (Å²) >= 11 is 1.28. The number of thioether (sulfide) groups is 1. The summed E-state index contributed by atoms with van der Waals surface area (Å²) in [4.78, 5) is 36.0. The smallest absolute Gasteiger partial charge is 0.323 e. The van der Waals surface area contributed by atoms with Crippen LogP contribution in [0.2, 0.25) is 0 Å². The quantitative estimate of drug-likeness (QED) is 0.0203. The Labute approximate surface area is 351 Å². The van der Waals surface area contributed by atoms with Gasteiger partial charge < -0.3 is 30.5 Å². The van der Waals surface area contributed by atoms with Crippen LogP contribution in [-0.4, -0.2) is 75.7 Å². The van der Waals surface area contributed by atoms with E-state index in [-0.39, 0.29) is 31.6 Å².